The van der Waals surface area contributed by atoms with Crippen LogP contribution in [0.1, 0.15) is 34.1 Å². The minimum absolute atomic E-state index is 0.127. The Morgan fingerprint density at radius 1 is 1.48 bits per heavy atom. The zero-order valence-corrected chi connectivity index (χ0v) is 13.7. The molecule has 0 radical (unpaired) electrons. The van der Waals surface area contributed by atoms with Crippen LogP contribution in [0.25, 0.3) is 0 Å². The van der Waals surface area contributed by atoms with Crippen molar-refractivity contribution < 1.29 is 23.4 Å². The first-order chi connectivity index (χ1) is 10.8. The predicted octanol–water partition coefficient (Wildman–Crippen LogP) is 3.11. The molecule has 0 aliphatic rings. The van der Waals surface area contributed by atoms with Gasteiger partial charge in [-0.25, -0.2) is 13.8 Å². The van der Waals surface area contributed by atoms with Gasteiger partial charge in [-0.15, -0.1) is 11.3 Å². The minimum atomic E-state index is -1.11. The summed E-state index contributed by atoms with van der Waals surface area (Å²) >= 11 is 1.39. The van der Waals surface area contributed by atoms with Gasteiger partial charge in [0.05, 0.1) is 12.2 Å². The van der Waals surface area contributed by atoms with Crippen LogP contribution in [-0.4, -0.2) is 35.1 Å². The highest BCUT2D eigenvalue weighted by atomic mass is 32.1. The van der Waals surface area contributed by atoms with Gasteiger partial charge in [0, 0.05) is 31.7 Å². The molecule has 0 spiro atoms. The van der Waals surface area contributed by atoms with E-state index in [1.807, 2.05) is 6.92 Å². The summed E-state index contributed by atoms with van der Waals surface area (Å²) in [6.07, 6.45) is -0.159. The van der Waals surface area contributed by atoms with Crippen molar-refractivity contribution in [2.75, 3.05) is 14.2 Å². The highest BCUT2D eigenvalue weighted by Gasteiger charge is 2.22. The molecule has 23 heavy (non-hydrogen) atoms. The SMILES string of the molecule is CO[C@@H](C)c1nc(CN(C)C(=O)c2c(O)cc(F)cc2F)cs1. The third-order valence-electron chi connectivity index (χ3n) is 3.26. The molecule has 0 fully saturated rings. The number of thiazole rings is 1. The van der Waals surface area contributed by atoms with Crippen LogP contribution in [0.15, 0.2) is 17.5 Å². The lowest BCUT2D eigenvalue weighted by atomic mass is 10.1. The number of methoxy groups -OCH3 is 1. The summed E-state index contributed by atoms with van der Waals surface area (Å²) in [4.78, 5) is 17.8. The van der Waals surface area contributed by atoms with E-state index in [0.717, 1.165) is 5.01 Å². The third kappa shape index (κ3) is 3.83. The number of aromatic hydroxyl groups is 1. The average molecular weight is 342 g/mol. The van der Waals surface area contributed by atoms with Crippen molar-refractivity contribution in [2.45, 2.75) is 19.6 Å². The van der Waals surface area contributed by atoms with E-state index in [4.69, 9.17) is 4.74 Å². The summed E-state index contributed by atoms with van der Waals surface area (Å²) < 4.78 is 31.9. The number of benzene rings is 1. The number of amides is 1. The summed E-state index contributed by atoms with van der Waals surface area (Å²) in [7, 11) is 3.02. The molecule has 124 valence electrons. The number of ether oxygens (including phenoxy) is 1. The molecule has 2 aromatic rings. The fourth-order valence-corrected chi connectivity index (χ4v) is 2.80. The molecule has 2 rings (SSSR count). The largest absolute Gasteiger partial charge is 0.507 e. The van der Waals surface area contributed by atoms with Gasteiger partial charge in [-0.1, -0.05) is 0 Å². The van der Waals surface area contributed by atoms with Gasteiger partial charge < -0.3 is 14.7 Å². The Morgan fingerprint density at radius 2 is 2.17 bits per heavy atom. The van der Waals surface area contributed by atoms with Crippen molar-refractivity contribution >= 4 is 17.2 Å². The van der Waals surface area contributed by atoms with E-state index in [0.29, 0.717) is 17.8 Å². The van der Waals surface area contributed by atoms with Crippen molar-refractivity contribution in [3.05, 3.63) is 45.4 Å². The van der Waals surface area contributed by atoms with Gasteiger partial charge >= 0.3 is 0 Å². The van der Waals surface area contributed by atoms with E-state index in [1.165, 1.54) is 23.3 Å². The molecular weight excluding hydrogens is 326 g/mol. The molecule has 8 heteroatoms. The van der Waals surface area contributed by atoms with Gasteiger partial charge in [0.25, 0.3) is 5.91 Å². The van der Waals surface area contributed by atoms with Gasteiger partial charge in [-0.3, -0.25) is 4.79 Å². The van der Waals surface area contributed by atoms with E-state index in [2.05, 4.69) is 4.98 Å². The Bertz CT molecular complexity index is 697. The number of carbonyl (C=O) groups excluding carboxylic acids is 1. The maximum atomic E-state index is 13.7. The quantitative estimate of drug-likeness (QED) is 0.907. The van der Waals surface area contributed by atoms with Crippen molar-refractivity contribution in [2.24, 2.45) is 0 Å². The van der Waals surface area contributed by atoms with Gasteiger partial charge in [0.2, 0.25) is 0 Å². The van der Waals surface area contributed by atoms with Gasteiger partial charge in [-0.2, -0.15) is 0 Å². The molecule has 5 nitrogen and oxygen atoms in total. The second kappa shape index (κ2) is 7.01. The Morgan fingerprint density at radius 3 is 2.78 bits per heavy atom. The number of nitrogens with zero attached hydrogens (tertiary/aromatic N) is 2. The Labute approximate surface area is 136 Å². The van der Waals surface area contributed by atoms with Crippen LogP contribution in [0.4, 0.5) is 8.78 Å². The minimum Gasteiger partial charge on any atom is -0.507 e. The molecule has 1 N–H and O–H groups in total. The summed E-state index contributed by atoms with van der Waals surface area (Å²) in [6.45, 7) is 1.98. The average Bonchev–Trinajstić information content (AvgIpc) is 2.93. The Kier molecular flexibility index (Phi) is 5.27. The second-order valence-corrected chi connectivity index (χ2v) is 5.89. The fraction of sp³-hybridized carbons (Fsp3) is 0.333. The summed E-state index contributed by atoms with van der Waals surface area (Å²) in [5, 5.41) is 12.1. The van der Waals surface area contributed by atoms with Crippen molar-refractivity contribution in [3.63, 3.8) is 0 Å². The molecular formula is C15H16F2N2O3S. The first-order valence-corrected chi connectivity index (χ1v) is 7.62. The van der Waals surface area contributed by atoms with Crippen LogP contribution in [0, 0.1) is 11.6 Å². The van der Waals surface area contributed by atoms with E-state index in [9.17, 15) is 18.7 Å². The van der Waals surface area contributed by atoms with Crippen LogP contribution in [0.3, 0.4) is 0 Å². The lowest BCUT2D eigenvalue weighted by Gasteiger charge is -2.17. The molecule has 0 unspecified atom stereocenters. The Balaban J connectivity index is 2.16. The molecule has 1 heterocycles. The van der Waals surface area contributed by atoms with E-state index < -0.39 is 28.9 Å². The summed E-state index contributed by atoms with van der Waals surface area (Å²) in [6, 6.07) is 1.26. The number of carbonyl (C=O) groups is 1. The highest BCUT2D eigenvalue weighted by Crippen LogP contribution is 2.25. The molecule has 1 amide bonds. The van der Waals surface area contributed by atoms with Crippen LogP contribution < -0.4 is 0 Å². The van der Waals surface area contributed by atoms with Crippen LogP contribution in [0.2, 0.25) is 0 Å². The van der Waals surface area contributed by atoms with E-state index in [1.54, 1.807) is 12.5 Å². The van der Waals surface area contributed by atoms with Gasteiger partial charge in [0.15, 0.2) is 0 Å². The molecule has 0 bridgehead atoms. The lowest BCUT2D eigenvalue weighted by molar-refractivity contribution is 0.0775. The third-order valence-corrected chi connectivity index (χ3v) is 4.32. The standard InChI is InChI=1S/C15H16F2N2O3S/c1-8(22-3)14-18-10(7-23-14)6-19(2)15(21)13-11(17)4-9(16)5-12(13)20/h4-5,7-8,20H,6H2,1-3H3/t8-/m0/s1. The van der Waals surface area contributed by atoms with E-state index >= 15 is 0 Å². The number of phenols is 1. The smallest absolute Gasteiger partial charge is 0.260 e. The molecule has 1 aromatic heterocycles. The maximum absolute atomic E-state index is 13.7. The number of hydrogen-bond donors (Lipinski definition) is 1. The van der Waals surface area contributed by atoms with Crippen LogP contribution in [0.5, 0.6) is 5.75 Å². The van der Waals surface area contributed by atoms with Crippen LogP contribution in [-0.2, 0) is 11.3 Å². The number of phenolic OH excluding ortho intramolecular Hbond substituents is 1. The first kappa shape index (κ1) is 17.3. The predicted molar refractivity (Wildman–Crippen MR) is 81.4 cm³/mol. The fourth-order valence-electron chi connectivity index (χ4n) is 1.96. The lowest BCUT2D eigenvalue weighted by Crippen LogP contribution is -2.27. The number of hydrogen-bond acceptors (Lipinski definition) is 5. The first-order valence-electron chi connectivity index (χ1n) is 6.74. The molecule has 0 aliphatic carbocycles. The topological polar surface area (TPSA) is 62.7 Å². The second-order valence-electron chi connectivity index (χ2n) is 5.00. The highest BCUT2D eigenvalue weighted by molar-refractivity contribution is 7.09. The van der Waals surface area contributed by atoms with Gasteiger partial charge in [0.1, 0.15) is 34.1 Å². The number of rotatable bonds is 5. The summed E-state index contributed by atoms with van der Waals surface area (Å²) in [5.41, 5.74) is 0.0568. The number of halogens is 2. The van der Waals surface area contributed by atoms with E-state index in [-0.39, 0.29) is 12.6 Å². The zero-order valence-electron chi connectivity index (χ0n) is 12.8. The number of aromatic nitrogens is 1. The maximum Gasteiger partial charge on any atom is 0.260 e. The van der Waals surface area contributed by atoms with Gasteiger partial charge in [-0.05, 0) is 6.92 Å². The zero-order chi connectivity index (χ0) is 17.1. The molecule has 0 saturated heterocycles. The van der Waals surface area contributed by atoms with Crippen LogP contribution >= 0.6 is 11.3 Å². The molecule has 1 aromatic carbocycles. The normalized spacial score (nSPS) is 12.2. The Hall–Kier alpha value is -2.06. The van der Waals surface area contributed by atoms with Crippen molar-refractivity contribution in [3.8, 4) is 5.75 Å². The molecule has 1 atom stereocenters. The van der Waals surface area contributed by atoms with Crippen molar-refractivity contribution in [1.29, 1.82) is 0 Å². The molecule has 0 saturated carbocycles. The van der Waals surface area contributed by atoms with Crippen molar-refractivity contribution in [1.82, 2.24) is 9.88 Å². The summed E-state index contributed by atoms with van der Waals surface area (Å²) in [5.74, 6) is -3.54. The molecule has 0 aliphatic heterocycles. The monoisotopic (exact) mass is 342 g/mol.